The minimum Gasteiger partial charge on any atom is -0.479 e. The van der Waals surface area contributed by atoms with E-state index in [0.717, 1.165) is 25.7 Å². The molecule has 0 fully saturated rings. The van der Waals surface area contributed by atoms with Gasteiger partial charge in [0, 0.05) is 0 Å². The minimum atomic E-state index is -0.605. The Morgan fingerprint density at radius 2 is 1.00 bits per heavy atom. The highest BCUT2D eigenvalue weighted by atomic mass is 16.6. The number of aryl methyl sites for hydroxylation is 3. The van der Waals surface area contributed by atoms with Gasteiger partial charge in [0.1, 0.15) is 5.75 Å². The van der Waals surface area contributed by atoms with Gasteiger partial charge in [0.15, 0.2) is 6.10 Å². The quantitative estimate of drug-likeness (QED) is 0.103. The van der Waals surface area contributed by atoms with Crippen molar-refractivity contribution in [3.63, 3.8) is 0 Å². The van der Waals surface area contributed by atoms with Crippen LogP contribution in [0.25, 0.3) is 11.1 Å². The fourth-order valence-corrected chi connectivity index (χ4v) is 5.11. The summed E-state index contributed by atoms with van der Waals surface area (Å²) < 4.78 is 11.1. The average molecular weight is 557 g/mol. The molecule has 0 aromatic heterocycles. The first-order chi connectivity index (χ1) is 20.1. The van der Waals surface area contributed by atoms with Crippen LogP contribution in [0.15, 0.2) is 72.8 Å². The summed E-state index contributed by atoms with van der Waals surface area (Å²) in [6, 6.07) is 26.2. The third kappa shape index (κ3) is 12.5. The van der Waals surface area contributed by atoms with Crippen molar-refractivity contribution in [3.8, 4) is 16.9 Å². The second kappa shape index (κ2) is 19.1. The van der Waals surface area contributed by atoms with Crippen LogP contribution in [0.3, 0.4) is 0 Å². The number of carbonyl (C=O) groups excluding carboxylic acids is 1. The fraction of sp³-hybridized carbons (Fsp3) is 0.500. The molecule has 0 N–H and O–H groups in total. The fourth-order valence-electron chi connectivity index (χ4n) is 5.11. The lowest BCUT2D eigenvalue weighted by Crippen LogP contribution is -2.26. The Morgan fingerprint density at radius 1 is 0.561 bits per heavy atom. The van der Waals surface area contributed by atoms with Gasteiger partial charge in [-0.15, -0.1) is 0 Å². The van der Waals surface area contributed by atoms with E-state index in [1.807, 2.05) is 12.1 Å². The van der Waals surface area contributed by atoms with Gasteiger partial charge in [0.05, 0.1) is 6.61 Å². The maximum atomic E-state index is 12.2. The lowest BCUT2D eigenvalue weighted by molar-refractivity contribution is -0.151. The van der Waals surface area contributed by atoms with Crippen molar-refractivity contribution in [1.82, 2.24) is 0 Å². The summed E-state index contributed by atoms with van der Waals surface area (Å²) in [5.74, 6) is 0.399. The van der Waals surface area contributed by atoms with Crippen LogP contribution >= 0.6 is 0 Å². The third-order valence-corrected chi connectivity index (χ3v) is 7.82. The molecule has 3 aromatic rings. The summed E-state index contributed by atoms with van der Waals surface area (Å²) in [7, 11) is 0. The number of esters is 1. The van der Waals surface area contributed by atoms with Crippen LogP contribution in [-0.4, -0.2) is 18.7 Å². The highest BCUT2D eigenvalue weighted by Gasteiger charge is 2.16. The Morgan fingerprint density at radius 3 is 1.54 bits per heavy atom. The van der Waals surface area contributed by atoms with Crippen molar-refractivity contribution >= 4 is 5.97 Å². The zero-order valence-corrected chi connectivity index (χ0v) is 25.8. The van der Waals surface area contributed by atoms with E-state index in [4.69, 9.17) is 9.47 Å². The highest BCUT2D eigenvalue weighted by Crippen LogP contribution is 2.22. The number of hydrogen-bond acceptors (Lipinski definition) is 3. The molecule has 1 atom stereocenters. The van der Waals surface area contributed by atoms with Gasteiger partial charge in [-0.25, -0.2) is 4.79 Å². The van der Waals surface area contributed by atoms with Gasteiger partial charge < -0.3 is 9.47 Å². The molecule has 0 spiro atoms. The molecule has 0 aliphatic rings. The van der Waals surface area contributed by atoms with Crippen molar-refractivity contribution in [2.24, 2.45) is 0 Å². The van der Waals surface area contributed by atoms with Gasteiger partial charge in [0.2, 0.25) is 0 Å². The lowest BCUT2D eigenvalue weighted by atomic mass is 9.98. The van der Waals surface area contributed by atoms with Gasteiger partial charge in [-0.1, -0.05) is 132 Å². The van der Waals surface area contributed by atoms with Gasteiger partial charge in [0.25, 0.3) is 0 Å². The molecule has 0 saturated carbocycles. The van der Waals surface area contributed by atoms with Crippen molar-refractivity contribution in [1.29, 1.82) is 0 Å². The molecular weight excluding hydrogens is 504 g/mol. The predicted molar refractivity (Wildman–Crippen MR) is 173 cm³/mol. The van der Waals surface area contributed by atoms with Crippen LogP contribution in [0, 0.1) is 0 Å². The number of unbranched alkanes of at least 4 members (excludes halogenated alkanes) is 9. The van der Waals surface area contributed by atoms with E-state index in [-0.39, 0.29) is 5.97 Å². The van der Waals surface area contributed by atoms with Crippen LogP contribution in [0.2, 0.25) is 0 Å². The first-order valence-electron chi connectivity index (χ1n) is 16.2. The number of ether oxygens (including phenoxy) is 2. The van der Waals surface area contributed by atoms with E-state index < -0.39 is 6.10 Å². The summed E-state index contributed by atoms with van der Waals surface area (Å²) in [4.78, 5) is 12.2. The Kier molecular flexibility index (Phi) is 15.1. The summed E-state index contributed by atoms with van der Waals surface area (Å²) >= 11 is 0. The van der Waals surface area contributed by atoms with E-state index >= 15 is 0 Å². The summed E-state index contributed by atoms with van der Waals surface area (Å²) in [5.41, 5.74) is 6.59. The van der Waals surface area contributed by atoms with E-state index in [9.17, 15) is 4.79 Å². The van der Waals surface area contributed by atoms with Crippen LogP contribution in [-0.2, 0) is 28.8 Å². The second-order valence-corrected chi connectivity index (χ2v) is 11.4. The van der Waals surface area contributed by atoms with E-state index in [2.05, 4.69) is 74.5 Å². The molecular formula is C38H52O3. The standard InChI is InChI=1S/C38H52O3/c1-4-6-8-10-11-12-13-15-32-18-24-35(25-19-32)36-26-20-33(21-27-36)16-17-34-22-28-37(29-23-34)41-31(3)38(39)40-30-14-9-7-5-2/h18-29,31H,4-17,30H2,1-3H3/t31-/m1/s1. The van der Waals surface area contributed by atoms with Crippen LogP contribution in [0.4, 0.5) is 0 Å². The minimum absolute atomic E-state index is 0.298. The number of rotatable bonds is 20. The molecule has 0 unspecified atom stereocenters. The highest BCUT2D eigenvalue weighted by molar-refractivity contribution is 5.74. The zero-order valence-electron chi connectivity index (χ0n) is 25.8. The van der Waals surface area contributed by atoms with Crippen molar-refractivity contribution < 1.29 is 14.3 Å². The molecule has 3 rings (SSSR count). The van der Waals surface area contributed by atoms with Crippen molar-refractivity contribution in [2.45, 2.75) is 117 Å². The molecule has 0 aliphatic heterocycles. The summed E-state index contributed by atoms with van der Waals surface area (Å²) in [6.45, 7) is 6.66. The molecule has 222 valence electrons. The van der Waals surface area contributed by atoms with E-state index in [1.54, 1.807) is 6.92 Å². The monoisotopic (exact) mass is 556 g/mol. The predicted octanol–water partition coefficient (Wildman–Crippen LogP) is 10.3. The van der Waals surface area contributed by atoms with Gasteiger partial charge in [-0.3, -0.25) is 0 Å². The number of benzene rings is 3. The third-order valence-electron chi connectivity index (χ3n) is 7.82. The van der Waals surface area contributed by atoms with Crippen molar-refractivity contribution in [3.05, 3.63) is 89.5 Å². The molecule has 0 amide bonds. The molecule has 3 heteroatoms. The Bertz CT molecular complexity index is 1100. The lowest BCUT2D eigenvalue weighted by Gasteiger charge is -2.14. The smallest absolute Gasteiger partial charge is 0.347 e. The maximum Gasteiger partial charge on any atom is 0.347 e. The van der Waals surface area contributed by atoms with Crippen LogP contribution in [0.1, 0.15) is 108 Å². The van der Waals surface area contributed by atoms with Crippen LogP contribution < -0.4 is 4.74 Å². The Balaban J connectivity index is 1.37. The Labute approximate surface area is 249 Å². The summed E-state index contributed by atoms with van der Waals surface area (Å²) in [6.07, 6.45) is 16.4. The zero-order chi connectivity index (χ0) is 29.1. The largest absolute Gasteiger partial charge is 0.479 e. The molecule has 0 bridgehead atoms. The van der Waals surface area contributed by atoms with E-state index in [1.165, 1.54) is 92.0 Å². The van der Waals surface area contributed by atoms with E-state index in [0.29, 0.717) is 12.4 Å². The molecule has 41 heavy (non-hydrogen) atoms. The van der Waals surface area contributed by atoms with Gasteiger partial charge in [-0.2, -0.15) is 0 Å². The molecule has 0 heterocycles. The molecule has 0 aliphatic carbocycles. The average Bonchev–Trinajstić information content (AvgIpc) is 3.00. The van der Waals surface area contributed by atoms with Crippen molar-refractivity contribution in [2.75, 3.05) is 6.61 Å². The molecule has 3 aromatic carbocycles. The SMILES string of the molecule is CCCCCCCCCc1ccc(-c2ccc(CCc3ccc(O[C@H](C)C(=O)OCCCCCC)cc3)cc2)cc1. The van der Waals surface area contributed by atoms with Gasteiger partial charge in [-0.05, 0) is 79.0 Å². The second-order valence-electron chi connectivity index (χ2n) is 11.4. The molecule has 0 radical (unpaired) electrons. The molecule has 3 nitrogen and oxygen atoms in total. The normalized spacial score (nSPS) is 11.8. The van der Waals surface area contributed by atoms with Gasteiger partial charge >= 0.3 is 5.97 Å². The molecule has 0 saturated heterocycles. The maximum absolute atomic E-state index is 12.2. The number of carbonyl (C=O) groups is 1. The Hall–Kier alpha value is -3.07. The topological polar surface area (TPSA) is 35.5 Å². The first kappa shape index (κ1) is 32.4. The summed E-state index contributed by atoms with van der Waals surface area (Å²) in [5, 5.41) is 0. The first-order valence-corrected chi connectivity index (χ1v) is 16.2. The van der Waals surface area contributed by atoms with Crippen LogP contribution in [0.5, 0.6) is 5.75 Å². The number of hydrogen-bond donors (Lipinski definition) is 0.